The van der Waals surface area contributed by atoms with Gasteiger partial charge < -0.3 is 23.8 Å². The molecule has 0 aromatic heterocycles. The fourth-order valence-corrected chi connectivity index (χ4v) is 3.11. The highest BCUT2D eigenvalue weighted by atomic mass is 16.5. The summed E-state index contributed by atoms with van der Waals surface area (Å²) in [6, 6.07) is 3.82. The van der Waals surface area contributed by atoms with Crippen LogP contribution in [0.5, 0.6) is 11.5 Å². The molecule has 146 valence electrons. The first-order valence-electron chi connectivity index (χ1n) is 9.23. The minimum absolute atomic E-state index is 0.130. The van der Waals surface area contributed by atoms with Crippen LogP contribution in [0.2, 0.25) is 0 Å². The molecule has 2 heterocycles. The molecule has 0 bridgehead atoms. The molecule has 1 amide bonds. The van der Waals surface area contributed by atoms with Gasteiger partial charge >= 0.3 is 5.97 Å². The molecule has 7 heteroatoms. The van der Waals surface area contributed by atoms with Crippen LogP contribution < -0.4 is 9.47 Å². The number of esters is 1. The number of carbonyl (C=O) groups is 2. The third-order valence-corrected chi connectivity index (χ3v) is 4.43. The van der Waals surface area contributed by atoms with Gasteiger partial charge in [-0.2, -0.15) is 0 Å². The Labute approximate surface area is 158 Å². The first-order chi connectivity index (χ1) is 13.1. The average molecular weight is 375 g/mol. The number of fused-ring (bicyclic) bond motifs is 1. The van der Waals surface area contributed by atoms with Crippen LogP contribution >= 0.6 is 0 Å². The van der Waals surface area contributed by atoms with E-state index < -0.39 is 5.97 Å². The second-order valence-corrected chi connectivity index (χ2v) is 6.50. The van der Waals surface area contributed by atoms with Crippen LogP contribution in [-0.2, 0) is 25.5 Å². The normalized spacial score (nSPS) is 18.9. The summed E-state index contributed by atoms with van der Waals surface area (Å²) in [5.41, 5.74) is 1.84. The third kappa shape index (κ3) is 5.01. The van der Waals surface area contributed by atoms with Crippen LogP contribution in [0, 0.1) is 0 Å². The van der Waals surface area contributed by atoms with Crippen LogP contribution in [0.25, 0.3) is 6.08 Å². The molecule has 27 heavy (non-hydrogen) atoms. The lowest BCUT2D eigenvalue weighted by Crippen LogP contribution is -2.42. The highest BCUT2D eigenvalue weighted by molar-refractivity contribution is 5.89. The summed E-state index contributed by atoms with van der Waals surface area (Å²) < 4.78 is 21.7. The second kappa shape index (κ2) is 8.90. The fraction of sp³-hybridized carbons (Fsp3) is 0.500. The topological polar surface area (TPSA) is 74.3 Å². The van der Waals surface area contributed by atoms with Gasteiger partial charge in [-0.15, -0.1) is 0 Å². The lowest BCUT2D eigenvalue weighted by Gasteiger charge is -2.26. The molecule has 3 rings (SSSR count). The fourth-order valence-electron chi connectivity index (χ4n) is 3.11. The number of amides is 1. The smallest absolute Gasteiger partial charge is 0.331 e. The summed E-state index contributed by atoms with van der Waals surface area (Å²) in [7, 11) is 0. The van der Waals surface area contributed by atoms with Crippen molar-refractivity contribution in [3.05, 3.63) is 29.3 Å². The van der Waals surface area contributed by atoms with E-state index in [9.17, 15) is 9.59 Å². The summed E-state index contributed by atoms with van der Waals surface area (Å²) in [6.07, 6.45) is 3.89. The van der Waals surface area contributed by atoms with Crippen molar-refractivity contribution < 1.29 is 28.5 Å². The SMILES string of the molecule is CCOc1cc2c(cc1/C=C/C(=O)OCC(=O)N1CCOCC1)O[C@@H](C)C2. The maximum absolute atomic E-state index is 12.0. The van der Waals surface area contributed by atoms with E-state index in [1.807, 2.05) is 26.0 Å². The van der Waals surface area contributed by atoms with Gasteiger partial charge in [-0.3, -0.25) is 4.79 Å². The third-order valence-electron chi connectivity index (χ3n) is 4.43. The molecule has 0 saturated carbocycles. The Balaban J connectivity index is 1.60. The van der Waals surface area contributed by atoms with Gasteiger partial charge in [-0.25, -0.2) is 4.79 Å². The molecule has 0 unspecified atom stereocenters. The second-order valence-electron chi connectivity index (χ2n) is 6.50. The van der Waals surface area contributed by atoms with Crippen LogP contribution in [0.4, 0.5) is 0 Å². The van der Waals surface area contributed by atoms with E-state index in [-0.39, 0.29) is 18.6 Å². The molecule has 2 aliphatic heterocycles. The molecular formula is C20H25NO6. The Morgan fingerprint density at radius 3 is 2.81 bits per heavy atom. The van der Waals surface area contributed by atoms with Gasteiger partial charge in [0.2, 0.25) is 0 Å². The van der Waals surface area contributed by atoms with Crippen molar-refractivity contribution in [3.63, 3.8) is 0 Å². The molecule has 1 aromatic carbocycles. The van der Waals surface area contributed by atoms with Crippen molar-refractivity contribution in [1.29, 1.82) is 0 Å². The largest absolute Gasteiger partial charge is 0.493 e. The molecule has 0 radical (unpaired) electrons. The van der Waals surface area contributed by atoms with E-state index in [0.717, 1.165) is 23.3 Å². The highest BCUT2D eigenvalue weighted by Crippen LogP contribution is 2.35. The summed E-state index contributed by atoms with van der Waals surface area (Å²) >= 11 is 0. The number of carbonyl (C=O) groups excluding carboxylic acids is 2. The van der Waals surface area contributed by atoms with Crippen molar-refractivity contribution in [2.75, 3.05) is 39.5 Å². The maximum Gasteiger partial charge on any atom is 0.331 e. The number of nitrogens with zero attached hydrogens (tertiary/aromatic N) is 1. The van der Waals surface area contributed by atoms with E-state index in [0.29, 0.717) is 38.7 Å². The molecule has 2 aliphatic rings. The zero-order valence-electron chi connectivity index (χ0n) is 15.7. The first kappa shape index (κ1) is 19.2. The van der Waals surface area contributed by atoms with Crippen molar-refractivity contribution in [2.24, 2.45) is 0 Å². The zero-order valence-corrected chi connectivity index (χ0v) is 15.7. The Bertz CT molecular complexity index is 723. The van der Waals surface area contributed by atoms with E-state index in [4.69, 9.17) is 18.9 Å². The van der Waals surface area contributed by atoms with Crippen molar-refractivity contribution in [2.45, 2.75) is 26.4 Å². The van der Waals surface area contributed by atoms with Gasteiger partial charge in [-0.1, -0.05) is 0 Å². The van der Waals surface area contributed by atoms with E-state index in [1.165, 1.54) is 6.08 Å². The van der Waals surface area contributed by atoms with Crippen LogP contribution in [-0.4, -0.2) is 62.4 Å². The highest BCUT2D eigenvalue weighted by Gasteiger charge is 2.21. The van der Waals surface area contributed by atoms with Gasteiger partial charge in [0.05, 0.1) is 19.8 Å². The van der Waals surface area contributed by atoms with Crippen LogP contribution in [0.1, 0.15) is 25.0 Å². The summed E-state index contributed by atoms with van der Waals surface area (Å²) in [5, 5.41) is 0. The Kier molecular flexibility index (Phi) is 6.34. The standard InChI is InChI=1S/C20H25NO6/c1-3-25-17-12-16-10-14(2)27-18(16)11-15(17)4-5-20(23)26-13-19(22)21-6-8-24-9-7-21/h4-5,11-12,14H,3,6-10,13H2,1-2H3/b5-4+/t14-/m0/s1. The average Bonchev–Trinajstić information content (AvgIpc) is 3.04. The lowest BCUT2D eigenvalue weighted by molar-refractivity contribution is -0.150. The van der Waals surface area contributed by atoms with Crippen LogP contribution in [0.15, 0.2) is 18.2 Å². The number of benzene rings is 1. The molecule has 1 fully saturated rings. The first-order valence-corrected chi connectivity index (χ1v) is 9.23. The van der Waals surface area contributed by atoms with Crippen molar-refractivity contribution in [3.8, 4) is 11.5 Å². The van der Waals surface area contributed by atoms with Crippen molar-refractivity contribution >= 4 is 18.0 Å². The Morgan fingerprint density at radius 1 is 1.30 bits per heavy atom. The molecule has 1 aromatic rings. The number of ether oxygens (including phenoxy) is 4. The molecule has 7 nitrogen and oxygen atoms in total. The van der Waals surface area contributed by atoms with Gasteiger partial charge in [0.25, 0.3) is 5.91 Å². The molecule has 0 aliphatic carbocycles. The van der Waals surface area contributed by atoms with Crippen molar-refractivity contribution in [1.82, 2.24) is 4.90 Å². The minimum Gasteiger partial charge on any atom is -0.493 e. The minimum atomic E-state index is -0.575. The molecule has 1 saturated heterocycles. The van der Waals surface area contributed by atoms with Gasteiger partial charge in [0.15, 0.2) is 6.61 Å². The molecule has 0 spiro atoms. The summed E-state index contributed by atoms with van der Waals surface area (Å²) in [4.78, 5) is 25.6. The predicted octanol–water partition coefficient (Wildman–Crippen LogP) is 1.82. The van der Waals surface area contributed by atoms with E-state index >= 15 is 0 Å². The Hall–Kier alpha value is -2.54. The Morgan fingerprint density at radius 2 is 2.07 bits per heavy atom. The van der Waals surface area contributed by atoms with Gasteiger partial charge in [0.1, 0.15) is 17.6 Å². The van der Waals surface area contributed by atoms with Gasteiger partial charge in [0, 0.05) is 36.7 Å². The quantitative estimate of drug-likeness (QED) is 0.558. The monoisotopic (exact) mass is 375 g/mol. The summed E-state index contributed by atoms with van der Waals surface area (Å²) in [6.45, 7) is 6.25. The van der Waals surface area contributed by atoms with E-state index in [2.05, 4.69) is 0 Å². The molecule has 0 N–H and O–H groups in total. The molecule has 1 atom stereocenters. The molecular weight excluding hydrogens is 350 g/mol. The lowest BCUT2D eigenvalue weighted by atomic mass is 10.1. The predicted molar refractivity (Wildman–Crippen MR) is 98.8 cm³/mol. The number of morpholine rings is 1. The van der Waals surface area contributed by atoms with Crippen LogP contribution in [0.3, 0.4) is 0 Å². The van der Waals surface area contributed by atoms with Gasteiger partial charge in [-0.05, 0) is 32.1 Å². The summed E-state index contributed by atoms with van der Waals surface area (Å²) in [5.74, 6) is 0.715. The maximum atomic E-state index is 12.0. The number of hydrogen-bond acceptors (Lipinski definition) is 6. The zero-order chi connectivity index (χ0) is 19.2. The number of hydrogen-bond donors (Lipinski definition) is 0. The number of rotatable bonds is 6. The van der Waals surface area contributed by atoms with E-state index in [1.54, 1.807) is 11.0 Å².